The Morgan fingerprint density at radius 2 is 1.89 bits per heavy atom. The highest BCUT2D eigenvalue weighted by atomic mass is 35.5. The van der Waals surface area contributed by atoms with Crippen molar-refractivity contribution in [3.05, 3.63) is 17.3 Å². The SMILES string of the molecule is CC(C)(C(N)=S)N1CCN(c2ccc(Cl)nn2)CC1. The van der Waals surface area contributed by atoms with E-state index in [1.807, 2.05) is 6.07 Å². The molecule has 0 atom stereocenters. The maximum absolute atomic E-state index is 5.80. The lowest BCUT2D eigenvalue weighted by molar-refractivity contribution is 0.168. The second-order valence-corrected chi connectivity index (χ2v) is 5.94. The van der Waals surface area contributed by atoms with Crippen LogP contribution in [0.3, 0.4) is 0 Å². The molecule has 0 unspecified atom stereocenters. The van der Waals surface area contributed by atoms with Crippen molar-refractivity contribution < 1.29 is 0 Å². The second-order valence-electron chi connectivity index (χ2n) is 5.11. The third-order valence-corrected chi connectivity index (χ3v) is 4.32. The molecular weight excluding hydrogens is 282 g/mol. The van der Waals surface area contributed by atoms with Gasteiger partial charge in [0.15, 0.2) is 11.0 Å². The third-order valence-electron chi connectivity index (χ3n) is 3.62. The smallest absolute Gasteiger partial charge is 0.151 e. The summed E-state index contributed by atoms with van der Waals surface area (Å²) in [4.78, 5) is 5.03. The van der Waals surface area contributed by atoms with Gasteiger partial charge < -0.3 is 10.6 Å². The summed E-state index contributed by atoms with van der Waals surface area (Å²) in [5.74, 6) is 0.859. The first-order valence-corrected chi connectivity index (χ1v) is 6.99. The Morgan fingerprint density at radius 3 is 2.37 bits per heavy atom. The number of halogens is 1. The van der Waals surface area contributed by atoms with E-state index in [0.717, 1.165) is 32.0 Å². The number of hydrogen-bond acceptors (Lipinski definition) is 5. The minimum Gasteiger partial charge on any atom is -0.392 e. The van der Waals surface area contributed by atoms with E-state index in [2.05, 4.69) is 33.8 Å². The quantitative estimate of drug-likeness (QED) is 0.850. The lowest BCUT2D eigenvalue weighted by Gasteiger charge is -2.43. The highest BCUT2D eigenvalue weighted by Crippen LogP contribution is 2.20. The number of aromatic nitrogens is 2. The van der Waals surface area contributed by atoms with E-state index in [9.17, 15) is 0 Å². The molecule has 0 saturated carbocycles. The highest BCUT2D eigenvalue weighted by Gasteiger charge is 2.32. The van der Waals surface area contributed by atoms with Gasteiger partial charge in [-0.25, -0.2) is 0 Å². The Balaban J connectivity index is 1.99. The monoisotopic (exact) mass is 299 g/mol. The van der Waals surface area contributed by atoms with Gasteiger partial charge >= 0.3 is 0 Å². The molecule has 2 N–H and O–H groups in total. The van der Waals surface area contributed by atoms with Crippen LogP contribution in [0, 0.1) is 0 Å². The van der Waals surface area contributed by atoms with Crippen LogP contribution in [0.25, 0.3) is 0 Å². The number of nitrogens with two attached hydrogens (primary N) is 1. The third kappa shape index (κ3) is 3.13. The number of anilines is 1. The van der Waals surface area contributed by atoms with Crippen molar-refractivity contribution in [2.75, 3.05) is 31.1 Å². The Bertz CT molecular complexity index is 454. The Labute approximate surface area is 123 Å². The lowest BCUT2D eigenvalue weighted by Crippen LogP contribution is -2.59. The van der Waals surface area contributed by atoms with Gasteiger partial charge in [0, 0.05) is 26.2 Å². The lowest BCUT2D eigenvalue weighted by atomic mass is 10.0. The summed E-state index contributed by atoms with van der Waals surface area (Å²) in [6.07, 6.45) is 0. The molecule has 2 rings (SSSR count). The van der Waals surface area contributed by atoms with E-state index in [4.69, 9.17) is 29.6 Å². The summed E-state index contributed by atoms with van der Waals surface area (Å²) in [7, 11) is 0. The van der Waals surface area contributed by atoms with Crippen LogP contribution >= 0.6 is 23.8 Å². The molecule has 1 aliphatic heterocycles. The average Bonchev–Trinajstić information content (AvgIpc) is 2.39. The zero-order chi connectivity index (χ0) is 14.0. The topological polar surface area (TPSA) is 58.3 Å². The normalized spacial score (nSPS) is 17.5. The van der Waals surface area contributed by atoms with Crippen LogP contribution in [0.5, 0.6) is 0 Å². The van der Waals surface area contributed by atoms with Gasteiger partial charge in [-0.15, -0.1) is 10.2 Å². The van der Waals surface area contributed by atoms with Gasteiger partial charge in [0.1, 0.15) is 0 Å². The zero-order valence-electron chi connectivity index (χ0n) is 11.1. The number of thiocarbonyl (C=S) groups is 1. The number of rotatable bonds is 3. The van der Waals surface area contributed by atoms with Crippen LogP contribution < -0.4 is 10.6 Å². The predicted molar refractivity (Wildman–Crippen MR) is 81.7 cm³/mol. The molecule has 1 aromatic rings. The fourth-order valence-electron chi connectivity index (χ4n) is 2.13. The fraction of sp³-hybridized carbons (Fsp3) is 0.583. The molecule has 5 nitrogen and oxygen atoms in total. The molecule has 0 amide bonds. The maximum Gasteiger partial charge on any atom is 0.151 e. The van der Waals surface area contributed by atoms with Crippen molar-refractivity contribution in [1.82, 2.24) is 15.1 Å². The van der Waals surface area contributed by atoms with Crippen molar-refractivity contribution in [3.8, 4) is 0 Å². The summed E-state index contributed by atoms with van der Waals surface area (Å²) in [5, 5.41) is 8.38. The first-order chi connectivity index (χ1) is 8.91. The van der Waals surface area contributed by atoms with Crippen LogP contribution in [0.2, 0.25) is 5.15 Å². The van der Waals surface area contributed by atoms with Crippen molar-refractivity contribution >= 4 is 34.6 Å². The van der Waals surface area contributed by atoms with E-state index in [-0.39, 0.29) is 5.54 Å². The van der Waals surface area contributed by atoms with Crippen molar-refractivity contribution in [2.24, 2.45) is 5.73 Å². The maximum atomic E-state index is 5.80. The summed E-state index contributed by atoms with van der Waals surface area (Å²) in [5.41, 5.74) is 5.56. The largest absolute Gasteiger partial charge is 0.392 e. The molecular formula is C12H18ClN5S. The van der Waals surface area contributed by atoms with Crippen molar-refractivity contribution in [1.29, 1.82) is 0 Å². The fourth-order valence-corrected chi connectivity index (χ4v) is 2.36. The van der Waals surface area contributed by atoms with Gasteiger partial charge in [-0.3, -0.25) is 4.90 Å². The molecule has 0 aliphatic carbocycles. The second kappa shape index (κ2) is 5.56. The summed E-state index contributed by atoms with van der Waals surface area (Å²) in [6, 6.07) is 3.65. The Kier molecular flexibility index (Phi) is 4.23. The molecule has 0 bridgehead atoms. The van der Waals surface area contributed by atoms with Gasteiger partial charge in [-0.1, -0.05) is 23.8 Å². The van der Waals surface area contributed by atoms with Crippen molar-refractivity contribution in [3.63, 3.8) is 0 Å². The van der Waals surface area contributed by atoms with Gasteiger partial charge in [-0.05, 0) is 26.0 Å². The van der Waals surface area contributed by atoms with Gasteiger partial charge in [0.2, 0.25) is 0 Å². The first kappa shape index (κ1) is 14.4. The molecule has 1 fully saturated rings. The number of piperazine rings is 1. The van der Waals surface area contributed by atoms with E-state index in [1.54, 1.807) is 6.07 Å². The van der Waals surface area contributed by atoms with E-state index >= 15 is 0 Å². The number of nitrogens with zero attached hydrogens (tertiary/aromatic N) is 4. The van der Waals surface area contributed by atoms with Crippen LogP contribution in [0.1, 0.15) is 13.8 Å². The molecule has 0 radical (unpaired) electrons. The molecule has 1 aromatic heterocycles. The average molecular weight is 300 g/mol. The van der Waals surface area contributed by atoms with E-state index in [1.165, 1.54) is 0 Å². The highest BCUT2D eigenvalue weighted by molar-refractivity contribution is 7.80. The predicted octanol–water partition coefficient (Wildman–Crippen LogP) is 1.32. The van der Waals surface area contributed by atoms with Gasteiger partial charge in [0.05, 0.1) is 10.5 Å². The number of hydrogen-bond donors (Lipinski definition) is 1. The molecule has 104 valence electrons. The zero-order valence-corrected chi connectivity index (χ0v) is 12.7. The minimum atomic E-state index is -0.243. The minimum absolute atomic E-state index is 0.243. The van der Waals surface area contributed by atoms with Gasteiger partial charge in [0.25, 0.3) is 0 Å². The van der Waals surface area contributed by atoms with Crippen molar-refractivity contribution in [2.45, 2.75) is 19.4 Å². The summed E-state index contributed by atoms with van der Waals surface area (Å²) in [6.45, 7) is 7.67. The van der Waals surface area contributed by atoms with Gasteiger partial charge in [-0.2, -0.15) is 0 Å². The van der Waals surface area contributed by atoms with E-state index < -0.39 is 0 Å². The molecule has 0 spiro atoms. The molecule has 19 heavy (non-hydrogen) atoms. The summed E-state index contributed by atoms with van der Waals surface area (Å²) >= 11 is 10.9. The Hall–Kier alpha value is -0.980. The first-order valence-electron chi connectivity index (χ1n) is 6.20. The molecule has 7 heteroatoms. The molecule has 1 aliphatic rings. The van der Waals surface area contributed by atoms with E-state index in [0.29, 0.717) is 10.1 Å². The summed E-state index contributed by atoms with van der Waals surface area (Å²) < 4.78 is 0. The van der Waals surface area contributed by atoms with Crippen LogP contribution in [-0.4, -0.2) is 51.8 Å². The van der Waals surface area contributed by atoms with Crippen LogP contribution in [0.4, 0.5) is 5.82 Å². The molecule has 2 heterocycles. The molecule has 1 saturated heterocycles. The Morgan fingerprint density at radius 1 is 1.26 bits per heavy atom. The standard InChI is InChI=1S/C12H18ClN5S/c1-12(2,11(14)19)18-7-5-17(6-8-18)10-4-3-9(13)15-16-10/h3-4H,5-8H2,1-2H3,(H2,14,19). The van der Waals surface area contributed by atoms with Crippen LogP contribution in [-0.2, 0) is 0 Å². The molecule has 0 aromatic carbocycles. The van der Waals surface area contributed by atoms with Crippen LogP contribution in [0.15, 0.2) is 12.1 Å².